The summed E-state index contributed by atoms with van der Waals surface area (Å²) in [6.07, 6.45) is 2.26. The molecule has 1 saturated heterocycles. The van der Waals surface area contributed by atoms with E-state index in [9.17, 15) is 9.18 Å². The van der Waals surface area contributed by atoms with Gasteiger partial charge >= 0.3 is 0 Å². The highest BCUT2D eigenvalue weighted by Gasteiger charge is 2.23. The van der Waals surface area contributed by atoms with Crippen molar-refractivity contribution in [2.45, 2.75) is 32.7 Å². The van der Waals surface area contributed by atoms with Gasteiger partial charge in [-0.25, -0.2) is 9.37 Å². The lowest BCUT2D eigenvalue weighted by Gasteiger charge is -2.36. The molecule has 3 aromatic rings. The van der Waals surface area contributed by atoms with Crippen LogP contribution in [-0.4, -0.2) is 66.1 Å². The van der Waals surface area contributed by atoms with Crippen LogP contribution in [0.4, 0.5) is 10.1 Å². The predicted octanol–water partition coefficient (Wildman–Crippen LogP) is 4.71. The van der Waals surface area contributed by atoms with Crippen molar-refractivity contribution < 1.29 is 9.18 Å². The van der Waals surface area contributed by atoms with Crippen LogP contribution in [0.15, 0.2) is 47.0 Å². The quantitative estimate of drug-likeness (QED) is 0.561. The smallest absolute Gasteiger partial charge is 0.228 e. The van der Waals surface area contributed by atoms with Gasteiger partial charge in [-0.3, -0.25) is 9.79 Å². The van der Waals surface area contributed by atoms with Gasteiger partial charge in [0.25, 0.3) is 0 Å². The topological polar surface area (TPSA) is 64.6 Å². The molecule has 6 nitrogen and oxygen atoms in total. The number of allylic oxidation sites excluding steroid dienone is 1. The van der Waals surface area contributed by atoms with E-state index in [1.165, 1.54) is 12.1 Å². The number of imidazole rings is 1. The lowest BCUT2D eigenvalue weighted by atomic mass is 9.95. The van der Waals surface area contributed by atoms with E-state index in [4.69, 9.17) is 0 Å². The minimum atomic E-state index is -0.352. The number of hydrogen-bond acceptors (Lipinski definition) is 5. The van der Waals surface area contributed by atoms with Crippen molar-refractivity contribution in [1.29, 1.82) is 0 Å². The van der Waals surface area contributed by atoms with Crippen LogP contribution in [0.3, 0.4) is 0 Å². The van der Waals surface area contributed by atoms with Crippen LogP contribution in [0.5, 0.6) is 0 Å². The number of aromatic amines is 1. The van der Waals surface area contributed by atoms with E-state index in [2.05, 4.69) is 51.0 Å². The SMILES string of the molecule is CC1=NCC(C)=C1c1cc(C(=O)c2nc3ccc(N4CCC(N(C)C)CC4)cc3[nH]2)ccc1F. The molecule has 0 saturated carbocycles. The van der Waals surface area contributed by atoms with Crippen molar-refractivity contribution in [2.75, 3.05) is 38.6 Å². The first-order valence-electron chi connectivity index (χ1n) is 11.8. The molecule has 2 aliphatic heterocycles. The predicted molar refractivity (Wildman–Crippen MR) is 135 cm³/mol. The molecular weight excluding hydrogens is 429 g/mol. The molecule has 1 fully saturated rings. The Morgan fingerprint density at radius 3 is 2.56 bits per heavy atom. The average molecular weight is 460 g/mol. The lowest BCUT2D eigenvalue weighted by Crippen LogP contribution is -2.41. The molecule has 0 radical (unpaired) electrons. The van der Waals surface area contributed by atoms with E-state index >= 15 is 0 Å². The number of hydrogen-bond donors (Lipinski definition) is 1. The summed E-state index contributed by atoms with van der Waals surface area (Å²) in [7, 11) is 4.28. The van der Waals surface area contributed by atoms with Gasteiger partial charge in [0.05, 0.1) is 17.6 Å². The maximum absolute atomic E-state index is 14.7. The number of rotatable bonds is 5. The monoisotopic (exact) mass is 459 g/mol. The van der Waals surface area contributed by atoms with E-state index in [0.29, 0.717) is 23.7 Å². The molecule has 34 heavy (non-hydrogen) atoms. The van der Waals surface area contributed by atoms with E-state index < -0.39 is 0 Å². The number of anilines is 1. The maximum atomic E-state index is 14.7. The van der Waals surface area contributed by atoms with E-state index in [1.54, 1.807) is 6.07 Å². The van der Waals surface area contributed by atoms with Gasteiger partial charge in [-0.2, -0.15) is 0 Å². The molecule has 7 heteroatoms. The Hall–Kier alpha value is -3.32. The van der Waals surface area contributed by atoms with Gasteiger partial charge in [-0.1, -0.05) is 0 Å². The van der Waals surface area contributed by atoms with Crippen molar-refractivity contribution in [3.8, 4) is 0 Å². The van der Waals surface area contributed by atoms with Gasteiger partial charge in [0.15, 0.2) is 5.82 Å². The highest BCUT2D eigenvalue weighted by molar-refractivity contribution is 6.25. The molecule has 2 aliphatic rings. The molecule has 0 amide bonds. The number of fused-ring (bicyclic) bond motifs is 1. The van der Waals surface area contributed by atoms with Gasteiger partial charge in [0, 0.05) is 47.2 Å². The van der Waals surface area contributed by atoms with Crippen LogP contribution in [0.1, 0.15) is 48.4 Å². The zero-order valence-corrected chi connectivity index (χ0v) is 20.2. The number of aromatic nitrogens is 2. The van der Waals surface area contributed by atoms with Crippen molar-refractivity contribution in [1.82, 2.24) is 14.9 Å². The van der Waals surface area contributed by atoms with Crippen molar-refractivity contribution in [3.05, 3.63) is 64.7 Å². The number of carbonyl (C=O) groups is 1. The number of nitrogens with one attached hydrogen (secondary N) is 1. The maximum Gasteiger partial charge on any atom is 0.228 e. The van der Waals surface area contributed by atoms with Crippen molar-refractivity contribution in [3.63, 3.8) is 0 Å². The summed E-state index contributed by atoms with van der Waals surface area (Å²) >= 11 is 0. The number of halogens is 1. The fourth-order valence-corrected chi connectivity index (χ4v) is 5.07. The Morgan fingerprint density at radius 1 is 1.12 bits per heavy atom. The Kier molecular flexibility index (Phi) is 5.81. The van der Waals surface area contributed by atoms with Crippen LogP contribution in [0.25, 0.3) is 16.6 Å². The summed E-state index contributed by atoms with van der Waals surface area (Å²) in [4.78, 5) is 30.1. The summed E-state index contributed by atoms with van der Waals surface area (Å²) in [5, 5.41) is 0. The molecule has 5 rings (SSSR count). The fourth-order valence-electron chi connectivity index (χ4n) is 5.07. The third-order valence-electron chi connectivity index (χ3n) is 7.08. The molecular formula is C27H30FN5O. The summed E-state index contributed by atoms with van der Waals surface area (Å²) in [5.74, 6) is -0.343. The van der Waals surface area contributed by atoms with Gasteiger partial charge in [0.2, 0.25) is 5.78 Å². The first-order chi connectivity index (χ1) is 16.3. The Balaban J connectivity index is 1.41. The van der Waals surface area contributed by atoms with Gasteiger partial charge < -0.3 is 14.8 Å². The molecule has 176 valence electrons. The molecule has 1 N–H and O–H groups in total. The molecule has 0 aliphatic carbocycles. The second kappa shape index (κ2) is 8.80. The first-order valence-corrected chi connectivity index (χ1v) is 11.8. The largest absolute Gasteiger partial charge is 0.371 e. The Bertz CT molecular complexity index is 1330. The number of carbonyl (C=O) groups excluding carboxylic acids is 1. The number of ketones is 1. The number of benzene rings is 2. The summed E-state index contributed by atoms with van der Waals surface area (Å²) in [6.45, 7) is 6.40. The Labute approximate surface area is 199 Å². The fraction of sp³-hybridized carbons (Fsp3) is 0.370. The molecule has 0 bridgehead atoms. The lowest BCUT2D eigenvalue weighted by molar-refractivity contribution is 0.103. The van der Waals surface area contributed by atoms with E-state index in [-0.39, 0.29) is 17.4 Å². The van der Waals surface area contributed by atoms with Crippen molar-refractivity contribution >= 4 is 33.8 Å². The van der Waals surface area contributed by atoms with Crippen LogP contribution < -0.4 is 4.90 Å². The van der Waals surface area contributed by atoms with Crippen LogP contribution in [0.2, 0.25) is 0 Å². The molecule has 0 spiro atoms. The minimum Gasteiger partial charge on any atom is -0.371 e. The minimum absolute atomic E-state index is 0.253. The zero-order chi connectivity index (χ0) is 24.0. The molecule has 0 unspecified atom stereocenters. The summed E-state index contributed by atoms with van der Waals surface area (Å²) in [6, 6.07) is 11.2. The van der Waals surface area contributed by atoms with Gasteiger partial charge in [0.1, 0.15) is 5.82 Å². The number of piperidine rings is 1. The highest BCUT2D eigenvalue weighted by Crippen LogP contribution is 2.30. The van der Waals surface area contributed by atoms with E-state index in [1.807, 2.05) is 19.9 Å². The second-order valence-electron chi connectivity index (χ2n) is 9.55. The number of aliphatic imine (C=N–C) groups is 1. The van der Waals surface area contributed by atoms with Crippen LogP contribution >= 0.6 is 0 Å². The molecule has 2 aromatic carbocycles. The third-order valence-corrected chi connectivity index (χ3v) is 7.08. The molecule has 0 atom stereocenters. The van der Waals surface area contributed by atoms with Gasteiger partial charge in [-0.15, -0.1) is 0 Å². The highest BCUT2D eigenvalue weighted by atomic mass is 19.1. The summed E-state index contributed by atoms with van der Waals surface area (Å²) < 4.78 is 14.7. The van der Waals surface area contributed by atoms with Crippen LogP contribution in [0, 0.1) is 5.82 Å². The summed E-state index contributed by atoms with van der Waals surface area (Å²) in [5.41, 5.74) is 6.13. The number of H-pyrrole nitrogens is 1. The Morgan fingerprint density at radius 2 is 1.88 bits per heavy atom. The third kappa shape index (κ3) is 4.05. The van der Waals surface area contributed by atoms with Crippen LogP contribution in [-0.2, 0) is 0 Å². The first kappa shape index (κ1) is 22.5. The van der Waals surface area contributed by atoms with Crippen molar-refractivity contribution in [2.24, 2.45) is 4.99 Å². The zero-order valence-electron chi connectivity index (χ0n) is 20.2. The molecule has 1 aromatic heterocycles. The standard InChI is InChI=1S/C27H30FN5O/c1-16-15-29-17(2)25(16)21-13-18(5-7-22(21)28)26(34)27-30-23-8-6-20(14-24(23)31-27)33-11-9-19(10-12-33)32(3)4/h5-8,13-14,19H,9-12,15H2,1-4H3,(H,30,31). The van der Waals surface area contributed by atoms with E-state index in [0.717, 1.165) is 59.5 Å². The average Bonchev–Trinajstić information content (AvgIpc) is 3.41. The molecule has 3 heterocycles. The van der Waals surface area contributed by atoms with Gasteiger partial charge in [-0.05, 0) is 82.8 Å². The number of nitrogens with zero attached hydrogens (tertiary/aromatic N) is 4. The normalized spacial score (nSPS) is 17.2. The second-order valence-corrected chi connectivity index (χ2v) is 9.55.